The highest BCUT2D eigenvalue weighted by molar-refractivity contribution is 6.30. The van der Waals surface area contributed by atoms with E-state index < -0.39 is 0 Å². The quantitative estimate of drug-likeness (QED) is 0.576. The SMILES string of the molecule is COc1cc(C)ccc1Oc1ccc(NC(=O)N2CCN(c3cccc(Cl)c3)CC2)cn1. The number of rotatable bonds is 5. The molecule has 1 saturated heterocycles. The molecule has 1 fully saturated rings. The molecule has 2 heterocycles. The molecule has 7 nitrogen and oxygen atoms in total. The minimum Gasteiger partial charge on any atom is -0.493 e. The van der Waals surface area contributed by atoms with Crippen LogP contribution in [0, 0.1) is 6.92 Å². The molecular weight excluding hydrogens is 428 g/mol. The largest absolute Gasteiger partial charge is 0.493 e. The summed E-state index contributed by atoms with van der Waals surface area (Å²) in [6, 6.07) is 16.8. The number of nitrogens with zero attached hydrogens (tertiary/aromatic N) is 3. The maximum atomic E-state index is 12.7. The Kier molecular flexibility index (Phi) is 6.66. The van der Waals surface area contributed by atoms with Crippen molar-refractivity contribution in [3.05, 3.63) is 71.4 Å². The van der Waals surface area contributed by atoms with Gasteiger partial charge in [-0.05, 0) is 48.9 Å². The molecule has 0 bridgehead atoms. The van der Waals surface area contributed by atoms with Gasteiger partial charge in [-0.2, -0.15) is 0 Å². The second-order valence-electron chi connectivity index (χ2n) is 7.53. The normalized spacial score (nSPS) is 13.6. The summed E-state index contributed by atoms with van der Waals surface area (Å²) >= 11 is 6.09. The first-order chi connectivity index (χ1) is 15.5. The second kappa shape index (κ2) is 9.78. The van der Waals surface area contributed by atoms with E-state index in [0.717, 1.165) is 24.3 Å². The molecule has 4 rings (SSSR count). The molecule has 1 aliphatic rings. The number of carbonyl (C=O) groups is 1. The van der Waals surface area contributed by atoms with Crippen molar-refractivity contribution in [1.82, 2.24) is 9.88 Å². The van der Waals surface area contributed by atoms with Crippen LogP contribution in [0.25, 0.3) is 0 Å². The Morgan fingerprint density at radius 3 is 2.53 bits per heavy atom. The van der Waals surface area contributed by atoms with Gasteiger partial charge in [0.25, 0.3) is 0 Å². The topological polar surface area (TPSA) is 66.9 Å². The summed E-state index contributed by atoms with van der Waals surface area (Å²) < 4.78 is 11.2. The summed E-state index contributed by atoms with van der Waals surface area (Å²) in [6.07, 6.45) is 1.58. The number of hydrogen-bond acceptors (Lipinski definition) is 5. The highest BCUT2D eigenvalue weighted by atomic mass is 35.5. The predicted molar refractivity (Wildman–Crippen MR) is 126 cm³/mol. The van der Waals surface area contributed by atoms with Gasteiger partial charge in [0.15, 0.2) is 11.5 Å². The molecule has 0 radical (unpaired) electrons. The van der Waals surface area contributed by atoms with Crippen LogP contribution >= 0.6 is 11.6 Å². The van der Waals surface area contributed by atoms with Gasteiger partial charge in [-0.15, -0.1) is 0 Å². The number of urea groups is 1. The van der Waals surface area contributed by atoms with Gasteiger partial charge in [0, 0.05) is 43.0 Å². The average Bonchev–Trinajstić information content (AvgIpc) is 2.81. The summed E-state index contributed by atoms with van der Waals surface area (Å²) in [5, 5.41) is 3.61. The molecule has 2 amide bonds. The number of halogens is 1. The summed E-state index contributed by atoms with van der Waals surface area (Å²) in [4.78, 5) is 21.0. The molecule has 8 heteroatoms. The van der Waals surface area contributed by atoms with Crippen LogP contribution in [-0.2, 0) is 0 Å². The predicted octanol–water partition coefficient (Wildman–Crippen LogP) is 5.20. The molecule has 1 aliphatic heterocycles. The highest BCUT2D eigenvalue weighted by Gasteiger charge is 2.21. The van der Waals surface area contributed by atoms with Gasteiger partial charge in [-0.3, -0.25) is 0 Å². The number of anilines is 2. The van der Waals surface area contributed by atoms with Crippen molar-refractivity contribution in [2.24, 2.45) is 0 Å². The van der Waals surface area contributed by atoms with E-state index >= 15 is 0 Å². The first-order valence-corrected chi connectivity index (χ1v) is 10.7. The molecule has 0 saturated carbocycles. The molecule has 0 unspecified atom stereocenters. The Labute approximate surface area is 192 Å². The van der Waals surface area contributed by atoms with Crippen molar-refractivity contribution < 1.29 is 14.3 Å². The van der Waals surface area contributed by atoms with Crippen LogP contribution < -0.4 is 19.7 Å². The minimum absolute atomic E-state index is 0.147. The van der Waals surface area contributed by atoms with Crippen molar-refractivity contribution in [1.29, 1.82) is 0 Å². The van der Waals surface area contributed by atoms with Gasteiger partial charge in [-0.25, -0.2) is 9.78 Å². The van der Waals surface area contributed by atoms with Gasteiger partial charge in [0.05, 0.1) is 19.0 Å². The van der Waals surface area contributed by atoms with E-state index in [4.69, 9.17) is 21.1 Å². The monoisotopic (exact) mass is 452 g/mol. The Morgan fingerprint density at radius 1 is 1.03 bits per heavy atom. The summed E-state index contributed by atoms with van der Waals surface area (Å²) in [6.45, 7) is 4.73. The van der Waals surface area contributed by atoms with Crippen molar-refractivity contribution in [2.45, 2.75) is 6.92 Å². The van der Waals surface area contributed by atoms with Gasteiger partial charge in [0.2, 0.25) is 5.88 Å². The second-order valence-corrected chi connectivity index (χ2v) is 7.96. The Hall–Kier alpha value is -3.45. The highest BCUT2D eigenvalue weighted by Crippen LogP contribution is 2.31. The third kappa shape index (κ3) is 5.23. The number of ether oxygens (including phenoxy) is 2. The van der Waals surface area contributed by atoms with Crippen molar-refractivity contribution in [3.8, 4) is 17.4 Å². The van der Waals surface area contributed by atoms with Gasteiger partial charge < -0.3 is 24.6 Å². The summed E-state index contributed by atoms with van der Waals surface area (Å²) in [7, 11) is 1.60. The number of hydrogen-bond donors (Lipinski definition) is 1. The van der Waals surface area contributed by atoms with Crippen LogP contribution in [0.1, 0.15) is 5.56 Å². The fraction of sp³-hybridized carbons (Fsp3) is 0.250. The molecule has 3 aromatic rings. The first-order valence-electron chi connectivity index (χ1n) is 10.4. The first kappa shape index (κ1) is 21.8. The zero-order valence-corrected chi connectivity index (χ0v) is 18.8. The third-order valence-corrected chi connectivity index (χ3v) is 5.50. The summed E-state index contributed by atoms with van der Waals surface area (Å²) in [5.74, 6) is 1.64. The van der Waals surface area contributed by atoms with Crippen LogP contribution in [0.2, 0.25) is 5.02 Å². The van der Waals surface area contributed by atoms with Crippen LogP contribution in [0.15, 0.2) is 60.8 Å². The van der Waals surface area contributed by atoms with E-state index in [1.54, 1.807) is 30.3 Å². The van der Waals surface area contributed by atoms with Crippen LogP contribution in [0.3, 0.4) is 0 Å². The molecule has 2 aromatic carbocycles. The van der Waals surface area contributed by atoms with E-state index in [2.05, 4.69) is 15.2 Å². The molecule has 1 N–H and O–H groups in total. The number of amides is 2. The Balaban J connectivity index is 1.31. The fourth-order valence-corrected chi connectivity index (χ4v) is 3.71. The molecule has 0 aliphatic carbocycles. The lowest BCUT2D eigenvalue weighted by Gasteiger charge is -2.36. The third-order valence-electron chi connectivity index (χ3n) is 5.26. The smallest absolute Gasteiger partial charge is 0.322 e. The number of nitrogens with one attached hydrogen (secondary N) is 1. The molecule has 0 atom stereocenters. The number of carbonyl (C=O) groups excluding carboxylic acids is 1. The Bertz CT molecular complexity index is 1080. The molecule has 166 valence electrons. The minimum atomic E-state index is -0.147. The number of benzene rings is 2. The van der Waals surface area contributed by atoms with E-state index in [1.165, 1.54) is 0 Å². The maximum Gasteiger partial charge on any atom is 0.322 e. The van der Waals surface area contributed by atoms with E-state index in [9.17, 15) is 4.79 Å². The lowest BCUT2D eigenvalue weighted by Crippen LogP contribution is -2.50. The molecule has 1 aromatic heterocycles. The van der Waals surface area contributed by atoms with E-state index in [0.29, 0.717) is 41.2 Å². The zero-order chi connectivity index (χ0) is 22.5. The van der Waals surface area contributed by atoms with Gasteiger partial charge in [-0.1, -0.05) is 23.7 Å². The Morgan fingerprint density at radius 2 is 1.84 bits per heavy atom. The van der Waals surface area contributed by atoms with Gasteiger partial charge in [0.1, 0.15) is 0 Å². The number of pyridine rings is 1. The summed E-state index contributed by atoms with van der Waals surface area (Å²) in [5.41, 5.74) is 2.76. The number of aryl methyl sites for hydroxylation is 1. The number of piperazine rings is 1. The standard InChI is InChI=1S/C24H25ClN4O3/c1-17-6-8-21(22(14-17)31-2)32-23-9-7-19(16-26-23)27-24(30)29-12-10-28(11-13-29)20-5-3-4-18(25)15-20/h3-9,14-16H,10-13H2,1-2H3,(H,27,30). The van der Waals surface area contributed by atoms with E-state index in [-0.39, 0.29) is 6.03 Å². The lowest BCUT2D eigenvalue weighted by atomic mass is 10.2. The average molecular weight is 453 g/mol. The van der Waals surface area contributed by atoms with Crippen molar-refractivity contribution in [2.75, 3.05) is 43.5 Å². The number of aromatic nitrogens is 1. The van der Waals surface area contributed by atoms with E-state index in [1.807, 2.05) is 49.4 Å². The molecular formula is C24H25ClN4O3. The fourth-order valence-electron chi connectivity index (χ4n) is 3.53. The molecule has 0 spiro atoms. The zero-order valence-electron chi connectivity index (χ0n) is 18.0. The van der Waals surface area contributed by atoms with Crippen molar-refractivity contribution in [3.63, 3.8) is 0 Å². The van der Waals surface area contributed by atoms with Crippen LogP contribution in [0.5, 0.6) is 17.4 Å². The van der Waals surface area contributed by atoms with Crippen molar-refractivity contribution >= 4 is 29.0 Å². The lowest BCUT2D eigenvalue weighted by molar-refractivity contribution is 0.208. The molecule has 32 heavy (non-hydrogen) atoms. The number of methoxy groups -OCH3 is 1. The maximum absolute atomic E-state index is 12.7. The van der Waals surface area contributed by atoms with Gasteiger partial charge >= 0.3 is 6.03 Å². The van der Waals surface area contributed by atoms with Crippen LogP contribution in [0.4, 0.5) is 16.2 Å². The van der Waals surface area contributed by atoms with Crippen LogP contribution in [-0.4, -0.2) is 49.2 Å².